The van der Waals surface area contributed by atoms with E-state index < -0.39 is 11.2 Å². The Balaban J connectivity index is 1.53. The van der Waals surface area contributed by atoms with Gasteiger partial charge in [-0.1, -0.05) is 6.07 Å². The number of anilines is 1. The highest BCUT2D eigenvalue weighted by Crippen LogP contribution is 2.31. The molecule has 12 nitrogen and oxygen atoms in total. The van der Waals surface area contributed by atoms with Gasteiger partial charge < -0.3 is 35.4 Å². The number of carbonyl (C=O) groups excluding carboxylic acids is 2. The molecule has 1 aliphatic heterocycles. The van der Waals surface area contributed by atoms with Gasteiger partial charge in [0.2, 0.25) is 11.8 Å². The van der Waals surface area contributed by atoms with Gasteiger partial charge in [-0.3, -0.25) is 9.59 Å². The number of fused-ring (bicyclic) bond motifs is 1. The van der Waals surface area contributed by atoms with Crippen LogP contribution < -0.4 is 20.7 Å². The monoisotopic (exact) mass is 426 g/mol. The molecule has 0 aromatic heterocycles. The fourth-order valence-corrected chi connectivity index (χ4v) is 2.72. The van der Waals surface area contributed by atoms with Crippen molar-refractivity contribution >= 4 is 17.5 Å². The number of benzene rings is 1. The van der Waals surface area contributed by atoms with Crippen LogP contribution in [-0.4, -0.2) is 74.2 Å². The summed E-state index contributed by atoms with van der Waals surface area (Å²) in [7, 11) is 0. The molecule has 1 heterocycles. The summed E-state index contributed by atoms with van der Waals surface area (Å²) in [5.41, 5.74) is 1.66. The van der Waals surface area contributed by atoms with Crippen molar-refractivity contribution in [1.82, 2.24) is 10.6 Å². The van der Waals surface area contributed by atoms with Crippen molar-refractivity contribution in [3.05, 3.63) is 33.9 Å². The van der Waals surface area contributed by atoms with Crippen LogP contribution in [0.1, 0.15) is 12.0 Å². The third-order valence-electron chi connectivity index (χ3n) is 4.10. The smallest absolute Gasteiger partial charge is 0.294 e. The predicted molar refractivity (Wildman–Crippen MR) is 105 cm³/mol. The molecule has 0 radical (unpaired) electrons. The molecule has 30 heavy (non-hydrogen) atoms. The summed E-state index contributed by atoms with van der Waals surface area (Å²) in [6.45, 7) is 0.602. The van der Waals surface area contributed by atoms with Gasteiger partial charge in [0.15, 0.2) is 0 Å². The lowest BCUT2D eigenvalue weighted by Crippen LogP contribution is -2.38. The average molecular weight is 426 g/mol. The number of nitrogens with zero attached hydrogens (tertiary/aromatic N) is 1. The number of nitrogens with one attached hydrogen (secondary N) is 3. The Bertz CT molecular complexity index is 730. The topological polar surface area (TPSA) is 161 Å². The van der Waals surface area contributed by atoms with Crippen molar-refractivity contribution in [2.75, 3.05) is 51.4 Å². The van der Waals surface area contributed by atoms with Crippen LogP contribution in [0, 0.1) is 10.1 Å². The van der Waals surface area contributed by atoms with Gasteiger partial charge >= 0.3 is 0 Å². The summed E-state index contributed by atoms with van der Waals surface area (Å²) in [5, 5.41) is 27.4. The van der Waals surface area contributed by atoms with E-state index in [0.717, 1.165) is 11.3 Å². The average Bonchev–Trinajstić information content (AvgIpc) is 2.71. The van der Waals surface area contributed by atoms with Crippen LogP contribution in [-0.2, 0) is 25.6 Å². The van der Waals surface area contributed by atoms with Crippen molar-refractivity contribution in [1.29, 1.82) is 0 Å². The second-order valence-electron chi connectivity index (χ2n) is 6.46. The van der Waals surface area contributed by atoms with Crippen LogP contribution in [0.2, 0.25) is 0 Å². The molecular weight excluding hydrogens is 400 g/mol. The van der Waals surface area contributed by atoms with E-state index in [2.05, 4.69) is 20.8 Å². The Hall–Kier alpha value is -2.96. The molecule has 2 amide bonds. The summed E-state index contributed by atoms with van der Waals surface area (Å²) in [6, 6.07) is 5.40. The lowest BCUT2D eigenvalue weighted by Gasteiger charge is -2.21. The molecule has 12 heteroatoms. The number of amides is 2. The van der Waals surface area contributed by atoms with Crippen molar-refractivity contribution in [3.8, 4) is 5.75 Å². The molecule has 0 saturated heterocycles. The first-order valence-electron chi connectivity index (χ1n) is 9.50. The van der Waals surface area contributed by atoms with Gasteiger partial charge in [0.05, 0.1) is 6.61 Å². The van der Waals surface area contributed by atoms with E-state index in [4.69, 9.17) is 9.47 Å². The highest BCUT2D eigenvalue weighted by Gasteiger charge is 2.18. The second kappa shape index (κ2) is 12.6. The summed E-state index contributed by atoms with van der Waals surface area (Å²) in [4.78, 5) is 36.9. The zero-order chi connectivity index (χ0) is 21.8. The predicted octanol–water partition coefficient (Wildman–Crippen LogP) is -0.758. The van der Waals surface area contributed by atoms with E-state index in [1.54, 1.807) is 12.1 Å². The Morgan fingerprint density at radius 1 is 1.30 bits per heavy atom. The molecule has 0 fully saturated rings. The minimum absolute atomic E-state index is 0.0219. The molecule has 1 atom stereocenters. The second-order valence-corrected chi connectivity index (χ2v) is 6.46. The number of aliphatic hydroxyl groups is 1. The minimum Gasteiger partial charge on any atom is -0.490 e. The Labute approximate surface area is 173 Å². The Kier molecular flexibility index (Phi) is 9.77. The third-order valence-corrected chi connectivity index (χ3v) is 4.10. The van der Waals surface area contributed by atoms with E-state index >= 15 is 0 Å². The van der Waals surface area contributed by atoms with Crippen LogP contribution in [0.4, 0.5) is 5.69 Å². The van der Waals surface area contributed by atoms with E-state index in [9.17, 15) is 24.8 Å². The van der Waals surface area contributed by atoms with Gasteiger partial charge in [-0.15, -0.1) is 10.1 Å². The number of carbonyl (C=O) groups is 2. The first-order valence-corrected chi connectivity index (χ1v) is 9.50. The quantitative estimate of drug-likeness (QED) is 0.170. The Morgan fingerprint density at radius 3 is 2.93 bits per heavy atom. The fourth-order valence-electron chi connectivity index (χ4n) is 2.72. The van der Waals surface area contributed by atoms with Gasteiger partial charge in [0, 0.05) is 37.3 Å². The maximum absolute atomic E-state index is 11.5. The van der Waals surface area contributed by atoms with Crippen molar-refractivity contribution in [2.24, 2.45) is 0 Å². The number of hydrogen-bond donors (Lipinski definition) is 4. The maximum atomic E-state index is 11.5. The van der Waals surface area contributed by atoms with Crippen molar-refractivity contribution < 1.29 is 34.1 Å². The molecule has 1 unspecified atom stereocenters. The summed E-state index contributed by atoms with van der Waals surface area (Å²) < 4.78 is 10.6. The number of ether oxygens (including phenoxy) is 2. The molecule has 0 saturated carbocycles. The normalized spacial score (nSPS) is 13.7. The molecule has 2 rings (SSSR count). The molecule has 1 aromatic rings. The van der Waals surface area contributed by atoms with Crippen LogP contribution in [0.25, 0.3) is 0 Å². The summed E-state index contributed by atoms with van der Waals surface area (Å²) in [5.74, 6) is 0.261. The zero-order valence-corrected chi connectivity index (χ0v) is 16.4. The van der Waals surface area contributed by atoms with Gasteiger partial charge in [-0.05, 0) is 18.6 Å². The van der Waals surface area contributed by atoms with Gasteiger partial charge in [0.25, 0.3) is 5.09 Å². The van der Waals surface area contributed by atoms with Gasteiger partial charge in [-0.25, -0.2) is 0 Å². The fraction of sp³-hybridized carbons (Fsp3) is 0.556. The van der Waals surface area contributed by atoms with Gasteiger partial charge in [-0.2, -0.15) is 0 Å². The Morgan fingerprint density at radius 2 is 2.13 bits per heavy atom. The van der Waals surface area contributed by atoms with Gasteiger partial charge in [0.1, 0.15) is 31.7 Å². The van der Waals surface area contributed by atoms with Crippen molar-refractivity contribution in [2.45, 2.75) is 18.9 Å². The molecule has 1 aliphatic rings. The SMILES string of the molecule is O=C(COCCO[N+](=O)[O-])NCCNCC(O)COc1cccc2c1CCC(=O)N2. The minimum atomic E-state index is -0.929. The molecule has 0 bridgehead atoms. The highest BCUT2D eigenvalue weighted by atomic mass is 17.0. The molecule has 1 aromatic carbocycles. The standard InChI is InChI=1S/C18H26N4O8/c23-13(10-19-6-7-20-18(25)12-28-8-9-30-22(26)27)11-29-16-3-1-2-15-14(16)4-5-17(24)21-15/h1-3,13,19,23H,4-12H2,(H,20,25)(H,21,24). The molecule has 4 N–H and O–H groups in total. The van der Waals surface area contributed by atoms with E-state index in [-0.39, 0.29) is 44.8 Å². The largest absolute Gasteiger partial charge is 0.490 e. The first kappa shape index (κ1) is 23.3. The first-order chi connectivity index (χ1) is 14.5. The highest BCUT2D eigenvalue weighted by molar-refractivity contribution is 5.94. The van der Waals surface area contributed by atoms with E-state index in [1.165, 1.54) is 0 Å². The lowest BCUT2D eigenvalue weighted by molar-refractivity contribution is -0.758. The van der Waals surface area contributed by atoms with E-state index in [1.807, 2.05) is 6.07 Å². The zero-order valence-electron chi connectivity index (χ0n) is 16.4. The summed E-state index contributed by atoms with van der Waals surface area (Å²) >= 11 is 0. The molecule has 0 aliphatic carbocycles. The lowest BCUT2D eigenvalue weighted by atomic mass is 10.0. The molecular formula is C18H26N4O8. The van der Waals surface area contributed by atoms with E-state index in [0.29, 0.717) is 31.7 Å². The van der Waals surface area contributed by atoms with Crippen LogP contribution in [0.3, 0.4) is 0 Å². The number of hydrogen-bond acceptors (Lipinski definition) is 9. The van der Waals surface area contributed by atoms with Crippen LogP contribution >= 0.6 is 0 Å². The number of aliphatic hydroxyl groups excluding tert-OH is 1. The summed E-state index contributed by atoms with van der Waals surface area (Å²) in [6.07, 6.45) is 0.248. The van der Waals surface area contributed by atoms with Crippen LogP contribution in [0.5, 0.6) is 5.75 Å². The number of rotatable bonds is 14. The van der Waals surface area contributed by atoms with Crippen molar-refractivity contribution in [3.63, 3.8) is 0 Å². The van der Waals surface area contributed by atoms with Crippen LogP contribution in [0.15, 0.2) is 18.2 Å². The third kappa shape index (κ3) is 8.59. The molecule has 0 spiro atoms. The maximum Gasteiger partial charge on any atom is 0.294 e. The molecule has 166 valence electrons.